The van der Waals surface area contributed by atoms with Gasteiger partial charge in [-0.3, -0.25) is 4.79 Å². The first kappa shape index (κ1) is 33.6. The number of aromatic nitrogens is 1. The molecule has 1 heterocycles. The molecule has 0 spiro atoms. The maximum atomic E-state index is 13.1. The molecule has 6 rings (SSSR count). The quantitative estimate of drug-likeness (QED) is 0.142. The highest BCUT2D eigenvalue weighted by Gasteiger charge is 2.60. The molecule has 246 valence electrons. The first-order valence-corrected chi connectivity index (χ1v) is 17.1. The van der Waals surface area contributed by atoms with Crippen LogP contribution in [0.5, 0.6) is 0 Å². The van der Waals surface area contributed by atoms with E-state index in [4.69, 9.17) is 27.9 Å². The minimum absolute atomic E-state index is 0.00439. The molecule has 4 N–H and O–H groups in total. The lowest BCUT2D eigenvalue weighted by molar-refractivity contribution is -0.139. The second-order valence-corrected chi connectivity index (χ2v) is 16.4. The van der Waals surface area contributed by atoms with Crippen LogP contribution in [-0.2, 0) is 14.9 Å². The number of halogens is 2. The second-order valence-electron chi connectivity index (χ2n) is 15.7. The Bertz CT molecular complexity index is 1430. The van der Waals surface area contributed by atoms with Crippen molar-refractivity contribution in [3.63, 3.8) is 0 Å². The molecule has 2 aromatic rings. The molecular weight excluding hydrogens is 611 g/mol. The van der Waals surface area contributed by atoms with E-state index in [1.54, 1.807) is 24.3 Å². The van der Waals surface area contributed by atoms with Crippen LogP contribution in [0.4, 0.5) is 16.2 Å². The number of hydrogen-bond donors (Lipinski definition) is 4. The van der Waals surface area contributed by atoms with Crippen LogP contribution in [0.15, 0.2) is 24.3 Å². The van der Waals surface area contributed by atoms with E-state index >= 15 is 0 Å². The van der Waals surface area contributed by atoms with Gasteiger partial charge in [0.25, 0.3) is 0 Å². The molecule has 4 aliphatic carbocycles. The molecule has 4 aliphatic rings. The summed E-state index contributed by atoms with van der Waals surface area (Å²) in [5.41, 5.74) is 2.08. The summed E-state index contributed by atoms with van der Waals surface area (Å²) in [4.78, 5) is 41.9. The van der Waals surface area contributed by atoms with E-state index in [1.165, 1.54) is 19.3 Å². The van der Waals surface area contributed by atoms with E-state index in [0.717, 1.165) is 50.1 Å². The smallest absolute Gasteiger partial charge is 0.356 e. The summed E-state index contributed by atoms with van der Waals surface area (Å²) in [7, 11) is 0. The van der Waals surface area contributed by atoms with Gasteiger partial charge in [-0.2, -0.15) is 0 Å². The van der Waals surface area contributed by atoms with Gasteiger partial charge >= 0.3 is 12.0 Å². The predicted molar refractivity (Wildman–Crippen MR) is 180 cm³/mol. The molecule has 8 nitrogen and oxygen atoms in total. The normalized spacial score (nSPS) is 26.9. The highest BCUT2D eigenvalue weighted by Crippen LogP contribution is 2.66. The number of esters is 1. The largest absolute Gasteiger partial charge is 0.461 e. The highest BCUT2D eigenvalue weighted by atomic mass is 35.5. The van der Waals surface area contributed by atoms with Crippen LogP contribution in [0.2, 0.25) is 10.0 Å². The number of benzene rings is 1. The van der Waals surface area contributed by atoms with Crippen LogP contribution in [0, 0.1) is 16.7 Å². The molecule has 0 saturated heterocycles. The molecule has 4 saturated carbocycles. The fourth-order valence-corrected chi connectivity index (χ4v) is 9.27. The van der Waals surface area contributed by atoms with Crippen molar-refractivity contribution in [3.05, 3.63) is 45.7 Å². The first-order valence-electron chi connectivity index (χ1n) is 16.3. The monoisotopic (exact) mass is 658 g/mol. The van der Waals surface area contributed by atoms with Gasteiger partial charge in [0.1, 0.15) is 5.69 Å². The Morgan fingerprint density at radius 3 is 2.27 bits per heavy atom. The molecular formula is C35H48Cl2N4O4. The summed E-state index contributed by atoms with van der Waals surface area (Å²) in [6, 6.07) is 6.12. The molecule has 1 aromatic carbocycles. The van der Waals surface area contributed by atoms with Crippen LogP contribution >= 0.6 is 23.2 Å². The minimum Gasteiger partial charge on any atom is -0.461 e. The third kappa shape index (κ3) is 7.99. The zero-order chi connectivity index (χ0) is 32.6. The summed E-state index contributed by atoms with van der Waals surface area (Å²) < 4.78 is 5.58. The van der Waals surface area contributed by atoms with Crippen molar-refractivity contribution in [2.24, 2.45) is 16.7 Å². The van der Waals surface area contributed by atoms with Crippen LogP contribution < -0.4 is 16.0 Å². The van der Waals surface area contributed by atoms with E-state index in [-0.39, 0.29) is 34.2 Å². The van der Waals surface area contributed by atoms with E-state index in [1.807, 2.05) is 20.8 Å². The highest BCUT2D eigenvalue weighted by molar-refractivity contribution is 6.44. The lowest BCUT2D eigenvalue weighted by atomic mass is 9.43. The maximum Gasteiger partial charge on any atom is 0.356 e. The van der Waals surface area contributed by atoms with Gasteiger partial charge in [-0.25, -0.2) is 9.59 Å². The first-order chi connectivity index (χ1) is 21.1. The molecule has 45 heavy (non-hydrogen) atoms. The van der Waals surface area contributed by atoms with Gasteiger partial charge in [-0.1, -0.05) is 76.7 Å². The summed E-state index contributed by atoms with van der Waals surface area (Å²) >= 11 is 12.3. The lowest BCUT2D eigenvalue weighted by Gasteiger charge is -2.65. The predicted octanol–water partition coefficient (Wildman–Crippen LogP) is 9.24. The summed E-state index contributed by atoms with van der Waals surface area (Å²) in [6.45, 7) is 11.1. The number of amides is 3. The molecule has 0 aliphatic heterocycles. The van der Waals surface area contributed by atoms with Crippen molar-refractivity contribution in [2.75, 3.05) is 17.2 Å². The molecule has 4 fully saturated rings. The van der Waals surface area contributed by atoms with E-state index in [0.29, 0.717) is 40.1 Å². The number of anilines is 2. The molecule has 2 unspecified atom stereocenters. The SMILES string of the molecule is CC12CC3CC(C)(C1)CC(NC(=O)CCCCCCOC(=O)c1[nH]c(C(C)(C)C)cc1NC(=O)Nc1cccc(Cl)c1Cl)(C3)C2. The number of carbonyl (C=O) groups excluding carboxylic acids is 3. The second kappa shape index (κ2) is 12.8. The molecule has 3 amide bonds. The minimum atomic E-state index is -0.566. The Hall–Kier alpha value is -2.71. The van der Waals surface area contributed by atoms with Gasteiger partial charge in [-0.15, -0.1) is 0 Å². The van der Waals surface area contributed by atoms with Gasteiger partial charge in [-0.05, 0) is 86.3 Å². The number of urea groups is 1. The van der Waals surface area contributed by atoms with Gasteiger partial charge in [0, 0.05) is 23.1 Å². The van der Waals surface area contributed by atoms with Crippen molar-refractivity contribution < 1.29 is 19.1 Å². The number of H-pyrrole nitrogens is 1. The third-order valence-corrected chi connectivity index (χ3v) is 10.7. The summed E-state index contributed by atoms with van der Waals surface area (Å²) in [6.07, 6.45) is 11.1. The number of ether oxygens (including phenoxy) is 1. The van der Waals surface area contributed by atoms with Crippen molar-refractivity contribution in [3.8, 4) is 0 Å². The lowest BCUT2D eigenvalue weighted by Crippen LogP contribution is -2.65. The summed E-state index contributed by atoms with van der Waals surface area (Å²) in [5, 5.41) is 9.46. The van der Waals surface area contributed by atoms with Gasteiger partial charge in [0.15, 0.2) is 0 Å². The van der Waals surface area contributed by atoms with Crippen LogP contribution in [-0.4, -0.2) is 35.0 Å². The summed E-state index contributed by atoms with van der Waals surface area (Å²) in [5.74, 6) is 0.389. The number of carbonyl (C=O) groups is 3. The zero-order valence-corrected chi connectivity index (χ0v) is 28.8. The maximum absolute atomic E-state index is 13.1. The van der Waals surface area contributed by atoms with Crippen LogP contribution in [0.25, 0.3) is 0 Å². The van der Waals surface area contributed by atoms with Crippen LogP contribution in [0.1, 0.15) is 121 Å². The Morgan fingerprint density at radius 2 is 1.60 bits per heavy atom. The number of nitrogens with one attached hydrogen (secondary N) is 4. The number of hydrogen-bond acceptors (Lipinski definition) is 4. The zero-order valence-electron chi connectivity index (χ0n) is 27.3. The Labute approximate surface area is 277 Å². The van der Waals surface area contributed by atoms with Crippen molar-refractivity contribution in [2.45, 2.75) is 116 Å². The fourth-order valence-electron chi connectivity index (χ4n) is 8.92. The molecule has 10 heteroatoms. The molecule has 0 radical (unpaired) electrons. The average molecular weight is 660 g/mol. The Kier molecular flexibility index (Phi) is 9.59. The fraction of sp³-hybridized carbons (Fsp3) is 0.629. The average Bonchev–Trinajstić information content (AvgIpc) is 3.32. The van der Waals surface area contributed by atoms with Crippen LogP contribution in [0.3, 0.4) is 0 Å². The van der Waals surface area contributed by atoms with E-state index in [9.17, 15) is 14.4 Å². The molecule has 1 aromatic heterocycles. The molecule has 2 atom stereocenters. The Morgan fingerprint density at radius 1 is 0.933 bits per heavy atom. The van der Waals surface area contributed by atoms with Gasteiger partial charge < -0.3 is 25.7 Å². The van der Waals surface area contributed by atoms with Crippen molar-refractivity contribution >= 4 is 52.5 Å². The van der Waals surface area contributed by atoms with Gasteiger partial charge in [0.05, 0.1) is 28.0 Å². The number of aromatic amines is 1. The third-order valence-electron chi connectivity index (χ3n) is 9.84. The number of rotatable bonds is 11. The molecule has 4 bridgehead atoms. The van der Waals surface area contributed by atoms with E-state index in [2.05, 4.69) is 34.8 Å². The number of unbranched alkanes of at least 4 members (excludes halogenated alkanes) is 3. The van der Waals surface area contributed by atoms with E-state index < -0.39 is 12.0 Å². The standard InChI is InChI=1S/C35H48Cl2N4O4/c1-32(2,3)26-15-25(39-31(44)38-24-12-10-11-23(36)28(24)37)29(40-26)30(43)45-14-9-7-6-8-13-27(42)41-35-18-22-16-33(4,20-35)19-34(5,17-22)21-35/h10-12,15,22,40H,6-9,13-14,16-21H2,1-5H3,(H,41,42)(H2,38,39,44). The van der Waals surface area contributed by atoms with Crippen molar-refractivity contribution in [1.29, 1.82) is 0 Å². The Balaban J connectivity index is 1.06. The van der Waals surface area contributed by atoms with Gasteiger partial charge in [0.2, 0.25) is 5.91 Å². The topological polar surface area (TPSA) is 112 Å². The van der Waals surface area contributed by atoms with Crippen molar-refractivity contribution in [1.82, 2.24) is 10.3 Å².